The number of ketones is 1. The number of aliphatic hydroxyl groups is 1. The molecule has 24 heavy (non-hydrogen) atoms. The van der Waals surface area contributed by atoms with Crippen LogP contribution >= 0.6 is 0 Å². The summed E-state index contributed by atoms with van der Waals surface area (Å²) >= 11 is 0. The Morgan fingerprint density at radius 3 is 2.38 bits per heavy atom. The summed E-state index contributed by atoms with van der Waals surface area (Å²) < 4.78 is 10.0. The van der Waals surface area contributed by atoms with Gasteiger partial charge in [0.2, 0.25) is 0 Å². The van der Waals surface area contributed by atoms with Crippen molar-refractivity contribution in [1.29, 1.82) is 0 Å². The van der Waals surface area contributed by atoms with E-state index in [9.17, 15) is 15.0 Å². The molecule has 0 fully saturated rings. The standard InChI is InChI=1S/C19H18O5/c1-23-16-8-4-13(5-9-16)3-7-15(20)12-18(22)14-6-10-17(21)19(11-14)24-2/h3-12,21-22H,1-2H3/b7-3+,18-12?. The van der Waals surface area contributed by atoms with E-state index in [1.807, 2.05) is 12.1 Å². The van der Waals surface area contributed by atoms with E-state index in [0.29, 0.717) is 5.56 Å². The average Bonchev–Trinajstić information content (AvgIpc) is 2.60. The Labute approximate surface area is 140 Å². The molecule has 0 unspecified atom stereocenters. The molecule has 5 nitrogen and oxygen atoms in total. The minimum absolute atomic E-state index is 0.0419. The summed E-state index contributed by atoms with van der Waals surface area (Å²) in [5, 5.41) is 19.6. The van der Waals surface area contributed by atoms with Crippen LogP contribution in [0.2, 0.25) is 0 Å². The Balaban J connectivity index is 2.11. The van der Waals surface area contributed by atoms with Gasteiger partial charge in [-0.1, -0.05) is 18.2 Å². The zero-order valence-electron chi connectivity index (χ0n) is 13.4. The van der Waals surface area contributed by atoms with E-state index in [1.54, 1.807) is 25.3 Å². The largest absolute Gasteiger partial charge is 0.507 e. The number of aliphatic hydroxyl groups excluding tert-OH is 1. The number of hydrogen-bond donors (Lipinski definition) is 2. The van der Waals surface area contributed by atoms with Crippen molar-refractivity contribution in [2.75, 3.05) is 14.2 Å². The highest BCUT2D eigenvalue weighted by Gasteiger charge is 2.06. The first-order valence-corrected chi connectivity index (χ1v) is 7.17. The predicted molar refractivity (Wildman–Crippen MR) is 92.3 cm³/mol. The minimum atomic E-state index is -0.365. The van der Waals surface area contributed by atoms with Gasteiger partial charge in [0.15, 0.2) is 17.3 Å². The van der Waals surface area contributed by atoms with Crippen LogP contribution in [0, 0.1) is 0 Å². The van der Waals surface area contributed by atoms with Crippen molar-refractivity contribution in [3.05, 3.63) is 65.7 Å². The maximum Gasteiger partial charge on any atom is 0.182 e. The first kappa shape index (κ1) is 17.1. The van der Waals surface area contributed by atoms with Crippen molar-refractivity contribution in [3.63, 3.8) is 0 Å². The molecule has 2 rings (SSSR count). The van der Waals surface area contributed by atoms with Gasteiger partial charge >= 0.3 is 0 Å². The van der Waals surface area contributed by atoms with E-state index in [0.717, 1.165) is 17.4 Å². The maximum absolute atomic E-state index is 11.9. The maximum atomic E-state index is 11.9. The third-order valence-electron chi connectivity index (χ3n) is 3.31. The fraction of sp³-hybridized carbons (Fsp3) is 0.105. The quantitative estimate of drug-likeness (QED) is 0.627. The SMILES string of the molecule is COc1ccc(/C=C/C(=O)C=C(O)c2ccc(O)c(OC)c2)cc1. The lowest BCUT2D eigenvalue weighted by Gasteiger charge is -2.05. The lowest BCUT2D eigenvalue weighted by molar-refractivity contribution is -0.110. The molecule has 0 aliphatic heterocycles. The van der Waals surface area contributed by atoms with Gasteiger partial charge in [-0.2, -0.15) is 0 Å². The van der Waals surface area contributed by atoms with Crippen molar-refractivity contribution in [2.24, 2.45) is 0 Å². The molecule has 0 aliphatic carbocycles. The smallest absolute Gasteiger partial charge is 0.182 e. The van der Waals surface area contributed by atoms with Gasteiger partial charge in [-0.05, 0) is 42.0 Å². The first-order chi connectivity index (χ1) is 11.5. The number of phenolic OH excluding ortho intramolecular Hbond substituents is 1. The predicted octanol–water partition coefficient (Wildman–Crippen LogP) is 3.59. The Hall–Kier alpha value is -3.21. The number of benzene rings is 2. The van der Waals surface area contributed by atoms with Gasteiger partial charge < -0.3 is 19.7 Å². The average molecular weight is 326 g/mol. The molecule has 2 aromatic rings. The van der Waals surface area contributed by atoms with Crippen LogP contribution in [-0.4, -0.2) is 30.2 Å². The molecule has 0 aliphatic rings. The highest BCUT2D eigenvalue weighted by Crippen LogP contribution is 2.28. The molecule has 0 spiro atoms. The van der Waals surface area contributed by atoms with Gasteiger partial charge in [0.1, 0.15) is 11.5 Å². The van der Waals surface area contributed by atoms with Gasteiger partial charge in [-0.3, -0.25) is 4.79 Å². The summed E-state index contributed by atoms with van der Waals surface area (Å²) in [5.41, 5.74) is 1.21. The third kappa shape index (κ3) is 4.39. The number of aromatic hydroxyl groups is 1. The monoisotopic (exact) mass is 326 g/mol. The first-order valence-electron chi connectivity index (χ1n) is 7.17. The molecule has 2 aromatic carbocycles. The second kappa shape index (κ2) is 7.87. The van der Waals surface area contributed by atoms with E-state index >= 15 is 0 Å². The molecule has 0 bridgehead atoms. The minimum Gasteiger partial charge on any atom is -0.507 e. The molecular formula is C19H18O5. The van der Waals surface area contributed by atoms with Crippen LogP contribution in [0.4, 0.5) is 0 Å². The van der Waals surface area contributed by atoms with E-state index in [1.165, 1.54) is 31.4 Å². The molecule has 5 heteroatoms. The van der Waals surface area contributed by atoms with Crippen molar-refractivity contribution in [2.45, 2.75) is 0 Å². The highest BCUT2D eigenvalue weighted by atomic mass is 16.5. The molecule has 0 radical (unpaired) electrons. The summed E-state index contributed by atoms with van der Waals surface area (Å²) in [6.45, 7) is 0. The van der Waals surface area contributed by atoms with Crippen molar-refractivity contribution < 1.29 is 24.5 Å². The zero-order valence-corrected chi connectivity index (χ0v) is 13.4. The van der Waals surface area contributed by atoms with Crippen LogP contribution in [-0.2, 0) is 4.79 Å². The van der Waals surface area contributed by atoms with Gasteiger partial charge in [0.05, 0.1) is 14.2 Å². The number of phenols is 1. The number of carbonyl (C=O) groups excluding carboxylic acids is 1. The van der Waals surface area contributed by atoms with Gasteiger partial charge in [0, 0.05) is 11.6 Å². The number of hydrogen-bond acceptors (Lipinski definition) is 5. The lowest BCUT2D eigenvalue weighted by atomic mass is 10.1. The van der Waals surface area contributed by atoms with Gasteiger partial charge in [-0.15, -0.1) is 0 Å². The van der Waals surface area contributed by atoms with E-state index in [-0.39, 0.29) is 23.0 Å². The van der Waals surface area contributed by atoms with E-state index in [2.05, 4.69) is 0 Å². The Bertz CT molecular complexity index is 773. The molecule has 0 saturated heterocycles. The number of ether oxygens (including phenoxy) is 2. The fourth-order valence-corrected chi connectivity index (χ4v) is 2.00. The summed E-state index contributed by atoms with van der Waals surface area (Å²) in [4.78, 5) is 11.9. The fourth-order valence-electron chi connectivity index (χ4n) is 2.00. The normalized spacial score (nSPS) is 11.5. The number of rotatable bonds is 6. The second-order valence-corrected chi connectivity index (χ2v) is 4.93. The number of carbonyl (C=O) groups is 1. The third-order valence-corrected chi connectivity index (χ3v) is 3.31. The topological polar surface area (TPSA) is 76.0 Å². The van der Waals surface area contributed by atoms with Crippen molar-refractivity contribution in [1.82, 2.24) is 0 Å². The van der Waals surface area contributed by atoms with Crippen LogP contribution in [0.3, 0.4) is 0 Å². The number of methoxy groups -OCH3 is 2. The Morgan fingerprint density at radius 1 is 1.04 bits per heavy atom. The van der Waals surface area contributed by atoms with Crippen molar-refractivity contribution in [3.8, 4) is 17.2 Å². The summed E-state index contributed by atoms with van der Waals surface area (Å²) in [6.07, 6.45) is 4.10. The summed E-state index contributed by atoms with van der Waals surface area (Å²) in [7, 11) is 2.99. The molecule has 2 N–H and O–H groups in total. The summed E-state index contributed by atoms with van der Waals surface area (Å²) in [6, 6.07) is 11.5. The zero-order chi connectivity index (χ0) is 17.5. The highest BCUT2D eigenvalue weighted by molar-refractivity contribution is 6.05. The van der Waals surface area contributed by atoms with Crippen LogP contribution in [0.1, 0.15) is 11.1 Å². The Kier molecular flexibility index (Phi) is 5.63. The summed E-state index contributed by atoms with van der Waals surface area (Å²) in [5.74, 6) is 0.332. The lowest BCUT2D eigenvalue weighted by Crippen LogP contribution is -1.92. The van der Waals surface area contributed by atoms with E-state index < -0.39 is 0 Å². The molecule has 0 atom stereocenters. The van der Waals surface area contributed by atoms with Gasteiger partial charge in [-0.25, -0.2) is 0 Å². The van der Waals surface area contributed by atoms with Crippen LogP contribution in [0.5, 0.6) is 17.2 Å². The van der Waals surface area contributed by atoms with Crippen LogP contribution in [0.25, 0.3) is 11.8 Å². The van der Waals surface area contributed by atoms with Crippen LogP contribution < -0.4 is 9.47 Å². The van der Waals surface area contributed by atoms with Crippen molar-refractivity contribution >= 4 is 17.6 Å². The second-order valence-electron chi connectivity index (χ2n) is 4.93. The molecule has 0 saturated carbocycles. The number of allylic oxidation sites excluding steroid dienone is 2. The van der Waals surface area contributed by atoms with E-state index in [4.69, 9.17) is 9.47 Å². The molecular weight excluding hydrogens is 308 g/mol. The molecule has 0 heterocycles. The Morgan fingerprint density at radius 2 is 1.75 bits per heavy atom. The molecule has 0 amide bonds. The van der Waals surface area contributed by atoms with Crippen LogP contribution in [0.15, 0.2) is 54.6 Å². The molecule has 0 aromatic heterocycles. The van der Waals surface area contributed by atoms with Gasteiger partial charge in [0.25, 0.3) is 0 Å². The molecule has 124 valence electrons.